The first-order valence-electron chi connectivity index (χ1n) is 9.06. The Balaban J connectivity index is 2.17. The van der Waals surface area contributed by atoms with Crippen LogP contribution in [-0.4, -0.2) is 24.6 Å². The fraction of sp³-hybridized carbons (Fsp3) is 0.789. The predicted molar refractivity (Wildman–Crippen MR) is 90.9 cm³/mol. The zero-order chi connectivity index (χ0) is 17.1. The predicted octanol–water partition coefficient (Wildman–Crippen LogP) is 4.42. The summed E-state index contributed by atoms with van der Waals surface area (Å²) in [5.41, 5.74) is 0. The number of hydrogen-bond donors (Lipinski definition) is 0. The Bertz CT molecular complexity index is 379. The summed E-state index contributed by atoms with van der Waals surface area (Å²) >= 11 is 0. The summed E-state index contributed by atoms with van der Waals surface area (Å²) in [5.74, 6) is 0.246. The van der Waals surface area contributed by atoms with Crippen LogP contribution in [-0.2, 0) is 19.1 Å². The van der Waals surface area contributed by atoms with Crippen LogP contribution in [0, 0.1) is 11.8 Å². The standard InChI is InChI=1S/C19H32O4/c1-4-5-6-7-8-11-22-18(20)9-10-19(21)23-17-13-15(2)12-16(3)14-17/h9-10,15-17H,4-8,11-14H2,1-3H3/b10-9+. The largest absolute Gasteiger partial charge is 0.463 e. The molecule has 0 amide bonds. The van der Waals surface area contributed by atoms with Crippen molar-refractivity contribution in [2.75, 3.05) is 6.61 Å². The van der Waals surface area contributed by atoms with E-state index in [1.807, 2.05) is 0 Å². The lowest BCUT2D eigenvalue weighted by molar-refractivity contribution is -0.146. The highest BCUT2D eigenvalue weighted by molar-refractivity contribution is 5.91. The highest BCUT2D eigenvalue weighted by Crippen LogP contribution is 2.30. The molecule has 0 aliphatic heterocycles. The summed E-state index contributed by atoms with van der Waals surface area (Å²) in [4.78, 5) is 23.3. The fourth-order valence-electron chi connectivity index (χ4n) is 3.24. The van der Waals surface area contributed by atoms with E-state index in [4.69, 9.17) is 9.47 Å². The average Bonchev–Trinajstić information content (AvgIpc) is 2.47. The molecular weight excluding hydrogens is 292 g/mol. The zero-order valence-electron chi connectivity index (χ0n) is 14.9. The van der Waals surface area contributed by atoms with E-state index in [1.54, 1.807) is 0 Å². The van der Waals surface area contributed by atoms with Gasteiger partial charge in [0.1, 0.15) is 6.10 Å². The van der Waals surface area contributed by atoms with Crippen molar-refractivity contribution in [3.05, 3.63) is 12.2 Å². The molecule has 0 spiro atoms. The van der Waals surface area contributed by atoms with Gasteiger partial charge in [0, 0.05) is 12.2 Å². The Morgan fingerprint density at radius 3 is 2.17 bits per heavy atom. The molecule has 1 rings (SSSR count). The molecule has 0 radical (unpaired) electrons. The number of rotatable bonds is 9. The molecule has 0 aromatic carbocycles. The van der Waals surface area contributed by atoms with Gasteiger partial charge in [-0.05, 0) is 37.5 Å². The van der Waals surface area contributed by atoms with E-state index in [0.29, 0.717) is 18.4 Å². The molecule has 132 valence electrons. The van der Waals surface area contributed by atoms with Gasteiger partial charge in [-0.1, -0.05) is 46.5 Å². The molecule has 0 saturated heterocycles. The van der Waals surface area contributed by atoms with Crippen molar-refractivity contribution >= 4 is 11.9 Å². The Labute approximate surface area is 140 Å². The molecule has 1 aliphatic rings. The minimum atomic E-state index is -0.470. The number of unbranched alkanes of at least 4 members (excludes halogenated alkanes) is 4. The Morgan fingerprint density at radius 1 is 0.913 bits per heavy atom. The third-order valence-electron chi connectivity index (χ3n) is 4.27. The van der Waals surface area contributed by atoms with Crippen LogP contribution in [0.4, 0.5) is 0 Å². The molecule has 1 fully saturated rings. The first-order valence-corrected chi connectivity index (χ1v) is 9.06. The van der Waals surface area contributed by atoms with Crippen molar-refractivity contribution in [3.8, 4) is 0 Å². The zero-order valence-corrected chi connectivity index (χ0v) is 14.9. The van der Waals surface area contributed by atoms with Crippen LogP contribution in [0.3, 0.4) is 0 Å². The molecule has 0 aromatic rings. The van der Waals surface area contributed by atoms with E-state index >= 15 is 0 Å². The molecule has 4 nitrogen and oxygen atoms in total. The summed E-state index contributed by atoms with van der Waals surface area (Å²) in [7, 11) is 0. The summed E-state index contributed by atoms with van der Waals surface area (Å²) in [6.07, 6.45) is 10.9. The van der Waals surface area contributed by atoms with Gasteiger partial charge in [-0.15, -0.1) is 0 Å². The van der Waals surface area contributed by atoms with E-state index < -0.39 is 11.9 Å². The molecule has 0 N–H and O–H groups in total. The van der Waals surface area contributed by atoms with E-state index in [9.17, 15) is 9.59 Å². The molecule has 2 unspecified atom stereocenters. The molecule has 0 aromatic heterocycles. The fourth-order valence-corrected chi connectivity index (χ4v) is 3.24. The topological polar surface area (TPSA) is 52.6 Å². The quantitative estimate of drug-likeness (QED) is 0.358. The van der Waals surface area contributed by atoms with Gasteiger partial charge in [0.25, 0.3) is 0 Å². The monoisotopic (exact) mass is 324 g/mol. The summed E-state index contributed by atoms with van der Waals surface area (Å²) in [6.45, 7) is 6.95. The van der Waals surface area contributed by atoms with E-state index in [-0.39, 0.29) is 6.10 Å². The summed E-state index contributed by atoms with van der Waals surface area (Å²) < 4.78 is 10.5. The first kappa shape index (κ1) is 19.7. The van der Waals surface area contributed by atoms with Gasteiger partial charge in [0.2, 0.25) is 0 Å². The van der Waals surface area contributed by atoms with Crippen LogP contribution >= 0.6 is 0 Å². The second kappa shape index (κ2) is 11.3. The molecule has 2 atom stereocenters. The van der Waals surface area contributed by atoms with Gasteiger partial charge >= 0.3 is 11.9 Å². The Hall–Kier alpha value is -1.32. The lowest BCUT2D eigenvalue weighted by Crippen LogP contribution is -2.28. The van der Waals surface area contributed by atoms with Crippen molar-refractivity contribution in [1.82, 2.24) is 0 Å². The van der Waals surface area contributed by atoms with Crippen LogP contribution < -0.4 is 0 Å². The first-order chi connectivity index (χ1) is 11.0. The highest BCUT2D eigenvalue weighted by atomic mass is 16.5. The van der Waals surface area contributed by atoms with Crippen LogP contribution in [0.1, 0.15) is 72.1 Å². The Kier molecular flexibility index (Phi) is 9.65. The number of esters is 2. The molecule has 0 bridgehead atoms. The molecule has 1 saturated carbocycles. The van der Waals surface area contributed by atoms with Crippen LogP contribution in [0.2, 0.25) is 0 Å². The van der Waals surface area contributed by atoms with Gasteiger partial charge < -0.3 is 9.47 Å². The molecule has 1 aliphatic carbocycles. The molecule has 0 heterocycles. The highest BCUT2D eigenvalue weighted by Gasteiger charge is 2.26. The van der Waals surface area contributed by atoms with Gasteiger partial charge in [0.15, 0.2) is 0 Å². The van der Waals surface area contributed by atoms with Crippen LogP contribution in [0.15, 0.2) is 12.2 Å². The second-order valence-corrected chi connectivity index (χ2v) is 6.89. The molecular formula is C19H32O4. The normalized spacial score (nSPS) is 24.6. The van der Waals surface area contributed by atoms with Crippen molar-refractivity contribution < 1.29 is 19.1 Å². The third-order valence-corrected chi connectivity index (χ3v) is 4.27. The summed E-state index contributed by atoms with van der Waals surface area (Å²) in [6, 6.07) is 0. The SMILES string of the molecule is CCCCCCCOC(=O)/C=C/C(=O)OC1CC(C)CC(C)C1. The van der Waals surface area contributed by atoms with E-state index in [1.165, 1.54) is 37.8 Å². The number of ether oxygens (including phenoxy) is 2. The van der Waals surface area contributed by atoms with Gasteiger partial charge in [-0.3, -0.25) is 0 Å². The van der Waals surface area contributed by atoms with E-state index in [0.717, 1.165) is 25.7 Å². The van der Waals surface area contributed by atoms with Crippen molar-refractivity contribution in [3.63, 3.8) is 0 Å². The second-order valence-electron chi connectivity index (χ2n) is 6.89. The van der Waals surface area contributed by atoms with Crippen molar-refractivity contribution in [2.24, 2.45) is 11.8 Å². The number of carbonyl (C=O) groups is 2. The summed E-state index contributed by atoms with van der Waals surface area (Å²) in [5, 5.41) is 0. The number of hydrogen-bond acceptors (Lipinski definition) is 4. The minimum Gasteiger partial charge on any atom is -0.463 e. The molecule has 23 heavy (non-hydrogen) atoms. The maximum absolute atomic E-state index is 11.8. The molecule has 4 heteroatoms. The lowest BCUT2D eigenvalue weighted by atomic mass is 9.82. The van der Waals surface area contributed by atoms with Crippen LogP contribution in [0.25, 0.3) is 0 Å². The lowest BCUT2D eigenvalue weighted by Gasteiger charge is -2.30. The van der Waals surface area contributed by atoms with Crippen molar-refractivity contribution in [1.29, 1.82) is 0 Å². The smallest absolute Gasteiger partial charge is 0.331 e. The maximum atomic E-state index is 11.8. The van der Waals surface area contributed by atoms with Gasteiger partial charge in [0.05, 0.1) is 6.61 Å². The van der Waals surface area contributed by atoms with Crippen molar-refractivity contribution in [2.45, 2.75) is 78.2 Å². The third kappa shape index (κ3) is 9.42. The van der Waals surface area contributed by atoms with E-state index in [2.05, 4.69) is 20.8 Å². The Morgan fingerprint density at radius 2 is 1.52 bits per heavy atom. The van der Waals surface area contributed by atoms with Crippen LogP contribution in [0.5, 0.6) is 0 Å². The number of carbonyl (C=O) groups excluding carboxylic acids is 2. The average molecular weight is 324 g/mol. The maximum Gasteiger partial charge on any atom is 0.331 e. The minimum absolute atomic E-state index is 0.0273. The van der Waals surface area contributed by atoms with Gasteiger partial charge in [-0.2, -0.15) is 0 Å². The van der Waals surface area contributed by atoms with Gasteiger partial charge in [-0.25, -0.2) is 9.59 Å².